The van der Waals surface area contributed by atoms with Crippen LogP contribution >= 0.6 is 0 Å². The van der Waals surface area contributed by atoms with Gasteiger partial charge in [0.15, 0.2) is 0 Å². The molecule has 0 radical (unpaired) electrons. The molecule has 0 unspecified atom stereocenters. The van der Waals surface area contributed by atoms with Crippen molar-refractivity contribution in [2.75, 3.05) is 6.61 Å². The summed E-state index contributed by atoms with van der Waals surface area (Å²) in [6.07, 6.45) is 17.7. The number of unbranched alkanes of at least 4 members (excludes halogenated alkanes) is 9. The Bertz CT molecular complexity index is 190. The number of hydrogen-bond acceptors (Lipinski definition) is 1. The van der Waals surface area contributed by atoms with Gasteiger partial charge in [-0.1, -0.05) is 69.9 Å². The maximum absolute atomic E-state index is 10.3. The molecule has 0 saturated carbocycles. The summed E-state index contributed by atoms with van der Waals surface area (Å²) in [5.74, 6) is 0. The minimum atomic E-state index is 0. The van der Waals surface area contributed by atoms with Gasteiger partial charge in [0.1, 0.15) is 0 Å². The maximum Gasteiger partial charge on any atom is 1.00 e. The molecule has 19 heavy (non-hydrogen) atoms. The van der Waals surface area contributed by atoms with Crippen molar-refractivity contribution >= 4 is 0 Å². The van der Waals surface area contributed by atoms with Crippen molar-refractivity contribution in [1.29, 1.82) is 0 Å². The second-order valence-corrected chi connectivity index (χ2v) is 5.48. The van der Waals surface area contributed by atoms with Gasteiger partial charge in [0.2, 0.25) is 0 Å². The van der Waals surface area contributed by atoms with Crippen LogP contribution in [0.25, 0.3) is 0 Å². The minimum Gasteiger partial charge on any atom is -0.854 e. The monoisotopic (exact) mass is 276 g/mol. The van der Waals surface area contributed by atoms with E-state index in [2.05, 4.69) is 19.9 Å². The third-order valence-electron chi connectivity index (χ3n) is 3.52. The molecule has 1 nitrogen and oxygen atoms in total. The summed E-state index contributed by atoms with van der Waals surface area (Å²) in [4.78, 5) is 0. The number of allylic oxidation sites excluding steroid dienone is 2. The molecule has 0 amide bonds. The van der Waals surface area contributed by atoms with E-state index in [9.17, 15) is 5.11 Å². The first-order valence-corrected chi connectivity index (χ1v) is 8.05. The standard InChI is InChI=1S/C17H33O.Na/c1-3-4-5-6-7-8-11-14-17(2)15-12-9-10-13-16-18;/h15H,3-14,16H2,1-2H3;/q-1;+1/b17-15+;. The van der Waals surface area contributed by atoms with Crippen molar-refractivity contribution in [3.8, 4) is 0 Å². The van der Waals surface area contributed by atoms with Gasteiger partial charge in [0, 0.05) is 0 Å². The van der Waals surface area contributed by atoms with Crippen molar-refractivity contribution < 1.29 is 34.7 Å². The first-order chi connectivity index (χ1) is 8.81. The fourth-order valence-corrected chi connectivity index (χ4v) is 2.23. The average molecular weight is 276 g/mol. The largest absolute Gasteiger partial charge is 1.00 e. The van der Waals surface area contributed by atoms with Crippen LogP contribution in [0.5, 0.6) is 0 Å². The van der Waals surface area contributed by atoms with E-state index in [0.717, 1.165) is 12.8 Å². The molecule has 0 heterocycles. The Morgan fingerprint density at radius 2 is 1.42 bits per heavy atom. The van der Waals surface area contributed by atoms with Crippen LogP contribution in [0.1, 0.15) is 90.9 Å². The molecule has 0 atom stereocenters. The van der Waals surface area contributed by atoms with Crippen LogP contribution in [0.3, 0.4) is 0 Å². The van der Waals surface area contributed by atoms with Crippen molar-refractivity contribution in [3.05, 3.63) is 11.6 Å². The van der Waals surface area contributed by atoms with E-state index in [4.69, 9.17) is 0 Å². The summed E-state index contributed by atoms with van der Waals surface area (Å²) in [5, 5.41) is 10.3. The van der Waals surface area contributed by atoms with Crippen LogP contribution in [-0.4, -0.2) is 6.61 Å². The van der Waals surface area contributed by atoms with Gasteiger partial charge in [-0.25, -0.2) is 0 Å². The minimum absolute atomic E-state index is 0. The van der Waals surface area contributed by atoms with E-state index in [1.165, 1.54) is 64.2 Å². The van der Waals surface area contributed by atoms with Crippen LogP contribution in [0, 0.1) is 0 Å². The van der Waals surface area contributed by atoms with Crippen LogP contribution < -0.4 is 34.7 Å². The molecular weight excluding hydrogens is 243 g/mol. The van der Waals surface area contributed by atoms with Gasteiger partial charge < -0.3 is 5.11 Å². The number of rotatable bonds is 13. The SMILES string of the molecule is CCCCCCCCC/C(C)=C/CCCCC[O-].[Na+]. The Kier molecular flexibility index (Phi) is 21.6. The zero-order valence-corrected chi connectivity index (χ0v) is 15.7. The zero-order valence-electron chi connectivity index (χ0n) is 13.7. The molecule has 0 fully saturated rings. The summed E-state index contributed by atoms with van der Waals surface area (Å²) in [5.41, 5.74) is 1.55. The predicted molar refractivity (Wildman–Crippen MR) is 79.7 cm³/mol. The molecule has 0 aliphatic rings. The summed E-state index contributed by atoms with van der Waals surface area (Å²) < 4.78 is 0. The molecule has 0 bridgehead atoms. The van der Waals surface area contributed by atoms with E-state index < -0.39 is 0 Å². The Morgan fingerprint density at radius 1 is 0.842 bits per heavy atom. The predicted octanol–water partition coefficient (Wildman–Crippen LogP) is 2.00. The van der Waals surface area contributed by atoms with Gasteiger partial charge in [-0.15, -0.1) is 6.61 Å². The van der Waals surface area contributed by atoms with Crippen molar-refractivity contribution in [1.82, 2.24) is 0 Å². The van der Waals surface area contributed by atoms with E-state index in [1.807, 2.05) is 0 Å². The molecule has 0 aromatic rings. The maximum atomic E-state index is 10.3. The third-order valence-corrected chi connectivity index (χ3v) is 3.52. The molecular formula is C17H33NaO. The van der Waals surface area contributed by atoms with Crippen molar-refractivity contribution in [2.45, 2.75) is 90.9 Å². The first kappa shape index (κ1) is 22.0. The van der Waals surface area contributed by atoms with Crippen LogP contribution in [-0.2, 0) is 0 Å². The van der Waals surface area contributed by atoms with Gasteiger partial charge in [-0.3, -0.25) is 0 Å². The Hall–Kier alpha value is 0.700. The topological polar surface area (TPSA) is 23.1 Å². The summed E-state index contributed by atoms with van der Waals surface area (Å²) in [7, 11) is 0. The van der Waals surface area contributed by atoms with Crippen LogP contribution in [0.2, 0.25) is 0 Å². The molecule has 0 aliphatic carbocycles. The fraction of sp³-hybridized carbons (Fsp3) is 0.882. The van der Waals surface area contributed by atoms with Crippen LogP contribution in [0.15, 0.2) is 11.6 Å². The van der Waals surface area contributed by atoms with E-state index in [1.54, 1.807) is 5.57 Å². The van der Waals surface area contributed by atoms with E-state index in [-0.39, 0.29) is 36.2 Å². The quantitative estimate of drug-likeness (QED) is 0.287. The van der Waals surface area contributed by atoms with Gasteiger partial charge in [0.05, 0.1) is 0 Å². The smallest absolute Gasteiger partial charge is 0.854 e. The van der Waals surface area contributed by atoms with E-state index >= 15 is 0 Å². The molecule has 0 rings (SSSR count). The average Bonchev–Trinajstić information content (AvgIpc) is 2.37. The molecule has 0 aromatic heterocycles. The molecule has 0 aromatic carbocycles. The first-order valence-electron chi connectivity index (χ1n) is 8.05. The van der Waals surface area contributed by atoms with Crippen molar-refractivity contribution in [2.24, 2.45) is 0 Å². The van der Waals surface area contributed by atoms with Crippen LogP contribution in [0.4, 0.5) is 0 Å². The van der Waals surface area contributed by atoms with Gasteiger partial charge in [0.25, 0.3) is 0 Å². The fourth-order valence-electron chi connectivity index (χ4n) is 2.23. The Labute approximate surface area is 143 Å². The summed E-state index contributed by atoms with van der Waals surface area (Å²) in [6.45, 7) is 4.62. The Morgan fingerprint density at radius 3 is 2.05 bits per heavy atom. The van der Waals surface area contributed by atoms with Gasteiger partial charge >= 0.3 is 29.6 Å². The summed E-state index contributed by atoms with van der Waals surface area (Å²) in [6, 6.07) is 0. The molecule has 0 aliphatic heterocycles. The molecule has 108 valence electrons. The van der Waals surface area contributed by atoms with Gasteiger partial charge in [-0.2, -0.15) is 0 Å². The van der Waals surface area contributed by atoms with E-state index in [0.29, 0.717) is 0 Å². The van der Waals surface area contributed by atoms with Gasteiger partial charge in [-0.05, 0) is 32.6 Å². The summed E-state index contributed by atoms with van der Waals surface area (Å²) >= 11 is 0. The normalized spacial score (nSPS) is 11.4. The zero-order chi connectivity index (χ0) is 13.5. The molecule has 2 heteroatoms. The second kappa shape index (κ2) is 18.7. The van der Waals surface area contributed by atoms with Crippen molar-refractivity contribution in [3.63, 3.8) is 0 Å². The number of hydrogen-bond donors (Lipinski definition) is 0. The molecule has 0 spiro atoms. The molecule has 0 N–H and O–H groups in total. The Balaban J connectivity index is 0. The second-order valence-electron chi connectivity index (χ2n) is 5.48. The molecule has 0 saturated heterocycles. The third kappa shape index (κ3) is 18.7.